The summed E-state index contributed by atoms with van der Waals surface area (Å²) >= 11 is 0. The van der Waals surface area contributed by atoms with Crippen LogP contribution < -0.4 is 9.04 Å². The zero-order valence-electron chi connectivity index (χ0n) is 15.7. The first-order valence-corrected chi connectivity index (χ1v) is 10.3. The summed E-state index contributed by atoms with van der Waals surface area (Å²) < 4.78 is 33.1. The molecule has 0 aromatic heterocycles. The Morgan fingerprint density at radius 2 is 1.50 bits per heavy atom. The number of anilines is 1. The lowest BCUT2D eigenvalue weighted by Gasteiger charge is -2.23. The summed E-state index contributed by atoms with van der Waals surface area (Å²) in [5.74, 6) is -0.328. The molecule has 0 spiro atoms. The van der Waals surface area contributed by atoms with E-state index < -0.39 is 15.9 Å². The molecule has 0 heterocycles. The number of aryl methyl sites for hydroxylation is 1. The molecule has 0 fully saturated rings. The highest BCUT2D eigenvalue weighted by molar-refractivity contribution is 7.93. The number of rotatable bonds is 6. The van der Waals surface area contributed by atoms with Crippen molar-refractivity contribution in [1.29, 1.82) is 0 Å². The van der Waals surface area contributed by atoms with Gasteiger partial charge in [0, 0.05) is 0 Å². The smallest absolute Gasteiger partial charge is 0.276 e. The molecule has 144 valence electrons. The molecule has 0 saturated heterocycles. The zero-order valence-corrected chi connectivity index (χ0v) is 16.5. The van der Waals surface area contributed by atoms with Crippen molar-refractivity contribution in [3.8, 4) is 5.75 Å². The molecule has 28 heavy (non-hydrogen) atoms. The van der Waals surface area contributed by atoms with Crippen LogP contribution in [0, 0.1) is 6.92 Å². The molecule has 0 aliphatic rings. The molecule has 0 atom stereocenters. The van der Waals surface area contributed by atoms with Crippen LogP contribution in [-0.2, 0) is 10.0 Å². The van der Waals surface area contributed by atoms with Crippen LogP contribution >= 0.6 is 0 Å². The van der Waals surface area contributed by atoms with Crippen LogP contribution in [0.1, 0.15) is 22.8 Å². The molecule has 0 unspecified atom stereocenters. The number of amides is 1. The fraction of sp³-hybridized carbons (Fsp3) is 0.136. The number of hydrogen-bond donors (Lipinski definition) is 0. The molecule has 3 aromatic rings. The molecule has 1 amide bonds. The van der Waals surface area contributed by atoms with E-state index >= 15 is 0 Å². The van der Waals surface area contributed by atoms with Gasteiger partial charge in [-0.3, -0.25) is 4.79 Å². The van der Waals surface area contributed by atoms with E-state index in [1.807, 2.05) is 6.92 Å². The number of carbonyl (C=O) groups excluding carboxylic acids is 1. The Morgan fingerprint density at radius 1 is 0.893 bits per heavy atom. The van der Waals surface area contributed by atoms with E-state index in [4.69, 9.17) is 4.74 Å². The van der Waals surface area contributed by atoms with E-state index in [-0.39, 0.29) is 16.1 Å². The number of hydrogen-bond acceptors (Lipinski definition) is 4. The minimum atomic E-state index is -4.12. The van der Waals surface area contributed by atoms with Crippen LogP contribution in [0.4, 0.5) is 5.69 Å². The van der Waals surface area contributed by atoms with Gasteiger partial charge in [-0.1, -0.05) is 48.0 Å². The lowest BCUT2D eigenvalue weighted by Crippen LogP contribution is -2.37. The molecule has 0 N–H and O–H groups in total. The van der Waals surface area contributed by atoms with Crippen LogP contribution in [0.3, 0.4) is 0 Å². The van der Waals surface area contributed by atoms with E-state index in [0.29, 0.717) is 12.4 Å². The summed E-state index contributed by atoms with van der Waals surface area (Å²) in [6.45, 7) is 4.04. The fourth-order valence-corrected chi connectivity index (χ4v) is 4.19. The van der Waals surface area contributed by atoms with Crippen LogP contribution in [0.2, 0.25) is 0 Å². The number of para-hydroxylation sites is 2. The Balaban J connectivity index is 2.16. The van der Waals surface area contributed by atoms with Crippen molar-refractivity contribution >= 4 is 21.6 Å². The van der Waals surface area contributed by atoms with Gasteiger partial charge in [0.2, 0.25) is 0 Å². The number of benzene rings is 3. The molecule has 3 rings (SSSR count). The first-order chi connectivity index (χ1) is 13.4. The second-order valence-corrected chi connectivity index (χ2v) is 7.94. The van der Waals surface area contributed by atoms with Crippen molar-refractivity contribution in [3.05, 3.63) is 90.0 Å². The Hall–Kier alpha value is -3.12. The topological polar surface area (TPSA) is 63.7 Å². The van der Waals surface area contributed by atoms with Crippen molar-refractivity contribution in [2.45, 2.75) is 18.7 Å². The van der Waals surface area contributed by atoms with Gasteiger partial charge >= 0.3 is 0 Å². The number of carbonyl (C=O) groups is 1. The maximum atomic E-state index is 13.4. The Kier molecular flexibility index (Phi) is 5.80. The van der Waals surface area contributed by atoms with E-state index in [1.54, 1.807) is 73.7 Å². The summed E-state index contributed by atoms with van der Waals surface area (Å²) in [4.78, 5) is 13.4. The largest absolute Gasteiger partial charge is 0.493 e. The molecular formula is C22H21NO4S. The van der Waals surface area contributed by atoms with Crippen molar-refractivity contribution in [2.75, 3.05) is 10.9 Å². The average molecular weight is 395 g/mol. The molecule has 5 nitrogen and oxygen atoms in total. The number of ether oxygens (including phenoxy) is 1. The average Bonchev–Trinajstić information content (AvgIpc) is 2.70. The highest BCUT2D eigenvalue weighted by atomic mass is 32.2. The second-order valence-electron chi connectivity index (χ2n) is 6.15. The van der Waals surface area contributed by atoms with Gasteiger partial charge < -0.3 is 4.74 Å². The molecule has 0 radical (unpaired) electrons. The second kappa shape index (κ2) is 8.27. The summed E-state index contributed by atoms with van der Waals surface area (Å²) in [6, 6.07) is 21.4. The van der Waals surface area contributed by atoms with Crippen molar-refractivity contribution in [3.63, 3.8) is 0 Å². The highest BCUT2D eigenvalue weighted by Gasteiger charge is 2.33. The van der Waals surface area contributed by atoms with E-state index in [9.17, 15) is 13.2 Å². The summed E-state index contributed by atoms with van der Waals surface area (Å²) in [6.07, 6.45) is 0. The molecule has 0 bridgehead atoms. The quantitative estimate of drug-likeness (QED) is 0.619. The summed E-state index contributed by atoms with van der Waals surface area (Å²) in [5.41, 5.74) is 1.38. The van der Waals surface area contributed by atoms with E-state index in [2.05, 4.69) is 0 Å². The van der Waals surface area contributed by atoms with Gasteiger partial charge in [0.15, 0.2) is 0 Å². The predicted octanol–water partition coefficient (Wildman–Crippen LogP) is 4.43. The first-order valence-electron chi connectivity index (χ1n) is 8.88. The lowest BCUT2D eigenvalue weighted by atomic mass is 10.2. The molecule has 6 heteroatoms. The van der Waals surface area contributed by atoms with Crippen LogP contribution in [0.25, 0.3) is 0 Å². The molecule has 3 aromatic carbocycles. The van der Waals surface area contributed by atoms with Gasteiger partial charge in [-0.15, -0.1) is 0 Å². The minimum absolute atomic E-state index is 0.0456. The monoisotopic (exact) mass is 395 g/mol. The minimum Gasteiger partial charge on any atom is -0.493 e. The predicted molar refractivity (Wildman–Crippen MR) is 109 cm³/mol. The number of nitrogens with zero attached hydrogens (tertiary/aromatic N) is 1. The van der Waals surface area contributed by atoms with E-state index in [0.717, 1.165) is 9.87 Å². The SMILES string of the molecule is CCOc1ccccc1C(=O)N(c1ccccc1)S(=O)(=O)c1ccc(C)cc1. The van der Waals surface area contributed by atoms with Crippen molar-refractivity contribution < 1.29 is 17.9 Å². The Labute approximate surface area is 165 Å². The third-order valence-electron chi connectivity index (χ3n) is 4.15. The van der Waals surface area contributed by atoms with Crippen LogP contribution in [0.15, 0.2) is 83.8 Å². The van der Waals surface area contributed by atoms with Gasteiger partial charge in [-0.2, -0.15) is 4.31 Å². The van der Waals surface area contributed by atoms with E-state index in [1.165, 1.54) is 12.1 Å². The first kappa shape index (κ1) is 19.6. The maximum absolute atomic E-state index is 13.4. The van der Waals surface area contributed by atoms with Crippen molar-refractivity contribution in [2.24, 2.45) is 0 Å². The Bertz CT molecular complexity index is 1060. The summed E-state index contributed by atoms with van der Waals surface area (Å²) in [5, 5.41) is 0. The Morgan fingerprint density at radius 3 is 2.14 bits per heavy atom. The molecule has 0 aliphatic carbocycles. The third-order valence-corrected chi connectivity index (χ3v) is 5.88. The zero-order chi connectivity index (χ0) is 20.1. The van der Waals surface area contributed by atoms with Crippen molar-refractivity contribution in [1.82, 2.24) is 0 Å². The molecular weight excluding hydrogens is 374 g/mol. The van der Waals surface area contributed by atoms with Gasteiger partial charge in [-0.05, 0) is 50.2 Å². The maximum Gasteiger partial charge on any atom is 0.276 e. The third kappa shape index (κ3) is 3.92. The normalized spacial score (nSPS) is 11.1. The van der Waals surface area contributed by atoms with Gasteiger partial charge in [0.25, 0.3) is 15.9 Å². The van der Waals surface area contributed by atoms with Crippen LogP contribution in [-0.4, -0.2) is 20.9 Å². The van der Waals surface area contributed by atoms with Gasteiger partial charge in [0.1, 0.15) is 5.75 Å². The molecule has 0 saturated carbocycles. The number of sulfonamides is 1. The van der Waals surface area contributed by atoms with Gasteiger partial charge in [-0.25, -0.2) is 8.42 Å². The fourth-order valence-electron chi connectivity index (χ4n) is 2.78. The highest BCUT2D eigenvalue weighted by Crippen LogP contribution is 2.29. The standard InChI is InChI=1S/C22H21NO4S/c1-3-27-21-12-8-7-11-20(21)22(24)23(18-9-5-4-6-10-18)28(25,26)19-15-13-17(2)14-16-19/h4-16H,3H2,1-2H3. The van der Waals surface area contributed by atoms with Crippen LogP contribution in [0.5, 0.6) is 5.75 Å². The summed E-state index contributed by atoms with van der Waals surface area (Å²) in [7, 11) is -4.12. The molecule has 0 aliphatic heterocycles. The van der Waals surface area contributed by atoms with Gasteiger partial charge in [0.05, 0.1) is 22.8 Å². The lowest BCUT2D eigenvalue weighted by molar-refractivity contribution is 0.100.